The van der Waals surface area contributed by atoms with E-state index in [1.165, 1.54) is 38.6 Å². The van der Waals surface area contributed by atoms with Crippen molar-refractivity contribution in [2.75, 3.05) is 19.6 Å². The average molecular weight is 236 g/mol. The smallest absolute Gasteiger partial charge is 0.223 e. The van der Waals surface area contributed by atoms with Crippen molar-refractivity contribution in [1.82, 2.24) is 10.2 Å². The summed E-state index contributed by atoms with van der Waals surface area (Å²) < 4.78 is 0. The maximum atomic E-state index is 11.7. The molecule has 96 valence electrons. The third-order valence-electron chi connectivity index (χ3n) is 4.43. The minimum atomic E-state index is 0.304. The molecule has 0 unspecified atom stereocenters. The Hall–Kier alpha value is -0.570. The Morgan fingerprint density at radius 1 is 1.12 bits per heavy atom. The number of rotatable bonds is 7. The normalized spacial score (nSPS) is 24.8. The van der Waals surface area contributed by atoms with Crippen molar-refractivity contribution in [3.8, 4) is 0 Å². The molecule has 3 saturated carbocycles. The summed E-state index contributed by atoms with van der Waals surface area (Å²) in [6.45, 7) is 3.21. The first kappa shape index (κ1) is 11.5. The summed E-state index contributed by atoms with van der Waals surface area (Å²) in [5.74, 6) is 1.61. The summed E-state index contributed by atoms with van der Waals surface area (Å²) in [5.41, 5.74) is 0. The van der Waals surface area contributed by atoms with Crippen LogP contribution < -0.4 is 5.32 Å². The van der Waals surface area contributed by atoms with Gasteiger partial charge in [-0.15, -0.1) is 0 Å². The Bertz CT molecular complexity index is 280. The summed E-state index contributed by atoms with van der Waals surface area (Å²) in [4.78, 5) is 14.3. The van der Waals surface area contributed by atoms with Gasteiger partial charge in [0.25, 0.3) is 0 Å². The standard InChI is InChI=1S/C14H24N2O/c17-14(12-2-1-3-12)15-8-9-16(13-6-7-13)10-11-4-5-11/h11-13H,1-10H2,(H,15,17). The first-order valence-corrected chi connectivity index (χ1v) is 7.34. The van der Waals surface area contributed by atoms with Gasteiger partial charge in [-0.3, -0.25) is 9.69 Å². The fraction of sp³-hybridized carbons (Fsp3) is 0.929. The predicted octanol–water partition coefficient (Wildman–Crippen LogP) is 1.78. The lowest BCUT2D eigenvalue weighted by atomic mass is 9.85. The molecule has 1 amide bonds. The Kier molecular flexibility index (Phi) is 3.37. The molecule has 3 fully saturated rings. The molecule has 0 radical (unpaired) electrons. The third-order valence-corrected chi connectivity index (χ3v) is 4.43. The van der Waals surface area contributed by atoms with E-state index in [-0.39, 0.29) is 0 Å². The zero-order chi connectivity index (χ0) is 11.7. The van der Waals surface area contributed by atoms with Crippen LogP contribution in [-0.2, 0) is 4.79 Å². The Labute approximate surface area is 104 Å². The molecule has 3 rings (SSSR count). The van der Waals surface area contributed by atoms with Gasteiger partial charge in [0.05, 0.1) is 0 Å². The van der Waals surface area contributed by atoms with Gasteiger partial charge in [0.1, 0.15) is 0 Å². The van der Waals surface area contributed by atoms with Crippen LogP contribution in [0.3, 0.4) is 0 Å². The van der Waals surface area contributed by atoms with E-state index in [4.69, 9.17) is 0 Å². The lowest BCUT2D eigenvalue weighted by molar-refractivity contribution is -0.127. The minimum Gasteiger partial charge on any atom is -0.355 e. The van der Waals surface area contributed by atoms with Crippen molar-refractivity contribution in [2.45, 2.75) is 51.0 Å². The van der Waals surface area contributed by atoms with Crippen molar-refractivity contribution in [2.24, 2.45) is 11.8 Å². The van der Waals surface area contributed by atoms with Crippen molar-refractivity contribution in [3.63, 3.8) is 0 Å². The molecule has 3 aliphatic rings. The molecule has 0 heterocycles. The highest BCUT2D eigenvalue weighted by Crippen LogP contribution is 2.34. The molecule has 0 aromatic carbocycles. The third kappa shape index (κ3) is 3.21. The number of carbonyl (C=O) groups excluding carboxylic acids is 1. The number of hydrogen-bond acceptors (Lipinski definition) is 2. The maximum absolute atomic E-state index is 11.7. The van der Waals surface area contributed by atoms with Crippen LogP contribution in [-0.4, -0.2) is 36.5 Å². The predicted molar refractivity (Wildman–Crippen MR) is 67.7 cm³/mol. The number of amides is 1. The van der Waals surface area contributed by atoms with Gasteiger partial charge in [0, 0.05) is 31.6 Å². The molecule has 1 N–H and O–H groups in total. The largest absolute Gasteiger partial charge is 0.355 e. The van der Waals surface area contributed by atoms with Crippen LogP contribution in [0, 0.1) is 11.8 Å². The highest BCUT2D eigenvalue weighted by atomic mass is 16.1. The number of hydrogen-bond donors (Lipinski definition) is 1. The second-order valence-corrected chi connectivity index (χ2v) is 6.09. The van der Waals surface area contributed by atoms with Gasteiger partial charge in [-0.1, -0.05) is 6.42 Å². The van der Waals surface area contributed by atoms with Crippen molar-refractivity contribution < 1.29 is 4.79 Å². The Balaban J connectivity index is 1.34. The van der Waals surface area contributed by atoms with Crippen LogP contribution in [0.5, 0.6) is 0 Å². The molecule has 0 aromatic rings. The van der Waals surface area contributed by atoms with Gasteiger partial charge in [0.2, 0.25) is 5.91 Å². The zero-order valence-corrected chi connectivity index (χ0v) is 10.7. The van der Waals surface area contributed by atoms with E-state index in [0.717, 1.165) is 37.9 Å². The molecule has 0 atom stereocenters. The lowest BCUT2D eigenvalue weighted by Gasteiger charge is -2.26. The second kappa shape index (κ2) is 4.97. The molecule has 3 heteroatoms. The number of nitrogens with one attached hydrogen (secondary N) is 1. The quantitative estimate of drug-likeness (QED) is 0.731. The molecule has 0 spiro atoms. The van der Waals surface area contributed by atoms with Crippen LogP contribution in [0.25, 0.3) is 0 Å². The monoisotopic (exact) mass is 236 g/mol. The van der Waals surface area contributed by atoms with Crippen LogP contribution >= 0.6 is 0 Å². The molecule has 17 heavy (non-hydrogen) atoms. The van der Waals surface area contributed by atoms with Crippen LogP contribution in [0.15, 0.2) is 0 Å². The molecule has 3 aliphatic carbocycles. The highest BCUT2D eigenvalue weighted by Gasteiger charge is 2.33. The van der Waals surface area contributed by atoms with Gasteiger partial charge in [-0.05, 0) is 44.4 Å². The van der Waals surface area contributed by atoms with Crippen molar-refractivity contribution >= 4 is 5.91 Å². The first-order valence-electron chi connectivity index (χ1n) is 7.34. The molecular weight excluding hydrogens is 212 g/mol. The van der Waals surface area contributed by atoms with E-state index in [0.29, 0.717) is 11.8 Å². The van der Waals surface area contributed by atoms with E-state index >= 15 is 0 Å². The molecule has 0 aliphatic heterocycles. The van der Waals surface area contributed by atoms with Crippen molar-refractivity contribution in [1.29, 1.82) is 0 Å². The summed E-state index contributed by atoms with van der Waals surface area (Å²) in [7, 11) is 0. The van der Waals surface area contributed by atoms with Gasteiger partial charge in [-0.2, -0.15) is 0 Å². The summed E-state index contributed by atoms with van der Waals surface area (Å²) >= 11 is 0. The van der Waals surface area contributed by atoms with Crippen LogP contribution in [0.1, 0.15) is 44.9 Å². The van der Waals surface area contributed by atoms with Gasteiger partial charge in [0.15, 0.2) is 0 Å². The van der Waals surface area contributed by atoms with E-state index in [1.54, 1.807) is 0 Å². The summed E-state index contributed by atoms with van der Waals surface area (Å²) in [5, 5.41) is 3.11. The average Bonchev–Trinajstić information content (AvgIpc) is 3.09. The molecule has 0 aromatic heterocycles. The summed E-state index contributed by atoms with van der Waals surface area (Å²) in [6, 6.07) is 0.844. The van der Waals surface area contributed by atoms with E-state index in [2.05, 4.69) is 10.2 Å². The second-order valence-electron chi connectivity index (χ2n) is 6.09. The SMILES string of the molecule is O=C(NCCN(CC1CC1)C1CC1)C1CCC1. The van der Waals surface area contributed by atoms with Gasteiger partial charge >= 0.3 is 0 Å². The maximum Gasteiger partial charge on any atom is 0.223 e. The Morgan fingerprint density at radius 2 is 1.88 bits per heavy atom. The lowest BCUT2D eigenvalue weighted by Crippen LogP contribution is -2.40. The van der Waals surface area contributed by atoms with Gasteiger partial charge < -0.3 is 5.32 Å². The fourth-order valence-corrected chi connectivity index (χ4v) is 2.63. The Morgan fingerprint density at radius 3 is 2.41 bits per heavy atom. The highest BCUT2D eigenvalue weighted by molar-refractivity contribution is 5.79. The zero-order valence-electron chi connectivity index (χ0n) is 10.7. The van der Waals surface area contributed by atoms with E-state index in [1.807, 2.05) is 0 Å². The molecule has 0 bridgehead atoms. The summed E-state index contributed by atoms with van der Waals surface area (Å²) in [6.07, 6.45) is 9.08. The molecule has 0 saturated heterocycles. The van der Waals surface area contributed by atoms with E-state index in [9.17, 15) is 4.79 Å². The minimum absolute atomic E-state index is 0.304. The van der Waals surface area contributed by atoms with E-state index < -0.39 is 0 Å². The molecular formula is C14H24N2O. The number of nitrogens with zero attached hydrogens (tertiary/aromatic N) is 1. The van der Waals surface area contributed by atoms with Crippen molar-refractivity contribution in [3.05, 3.63) is 0 Å². The number of carbonyl (C=O) groups is 1. The first-order chi connectivity index (χ1) is 8.33. The van der Waals surface area contributed by atoms with Crippen LogP contribution in [0.2, 0.25) is 0 Å². The topological polar surface area (TPSA) is 32.3 Å². The molecule has 3 nitrogen and oxygen atoms in total. The van der Waals surface area contributed by atoms with Crippen LogP contribution in [0.4, 0.5) is 0 Å². The fourth-order valence-electron chi connectivity index (χ4n) is 2.63. The van der Waals surface area contributed by atoms with Gasteiger partial charge in [-0.25, -0.2) is 0 Å².